The van der Waals surface area contributed by atoms with Crippen LogP contribution in [0.2, 0.25) is 0 Å². The Balaban J connectivity index is 1.48. The molecular formula is C22H26N2O3. The van der Waals surface area contributed by atoms with Crippen LogP contribution in [0.25, 0.3) is 0 Å². The number of rotatable bonds is 5. The number of nitrogens with zero attached hydrogens (tertiary/aromatic N) is 1. The summed E-state index contributed by atoms with van der Waals surface area (Å²) in [4.78, 5) is 26.8. The molecule has 1 saturated heterocycles. The molecule has 142 valence electrons. The highest BCUT2D eigenvalue weighted by Gasteiger charge is 2.27. The van der Waals surface area contributed by atoms with Gasteiger partial charge in [0.1, 0.15) is 5.75 Å². The van der Waals surface area contributed by atoms with Crippen LogP contribution in [-0.4, -0.2) is 36.9 Å². The third-order valence-corrected chi connectivity index (χ3v) is 5.06. The number of carbonyl (C=O) groups excluding carboxylic acids is 2. The summed E-state index contributed by atoms with van der Waals surface area (Å²) < 4.78 is 5.13. The fraction of sp³-hybridized carbons (Fsp3) is 0.364. The molecule has 0 unspecified atom stereocenters. The number of ether oxygens (including phenoxy) is 1. The summed E-state index contributed by atoms with van der Waals surface area (Å²) in [6.45, 7) is 3.69. The average Bonchev–Trinajstić information content (AvgIpc) is 2.72. The summed E-state index contributed by atoms with van der Waals surface area (Å²) in [6, 6.07) is 15.3. The second-order valence-electron chi connectivity index (χ2n) is 7.00. The second kappa shape index (κ2) is 8.71. The zero-order chi connectivity index (χ0) is 19.2. The molecule has 1 heterocycles. The first kappa shape index (κ1) is 19.0. The van der Waals surface area contributed by atoms with Crippen LogP contribution in [0, 0.1) is 12.8 Å². The monoisotopic (exact) mass is 366 g/mol. The van der Waals surface area contributed by atoms with Crippen LogP contribution < -0.4 is 10.1 Å². The standard InChI is InChI=1S/C22H26N2O3/c1-16-4-3-5-19(14-16)21(25)18-10-12-24(13-11-18)22(26)23-15-17-6-8-20(27-2)9-7-17/h3-9,14,18H,10-13,15H2,1-2H3,(H,23,26). The van der Waals surface area contributed by atoms with Crippen molar-refractivity contribution in [2.45, 2.75) is 26.3 Å². The molecule has 3 rings (SSSR count). The van der Waals surface area contributed by atoms with Gasteiger partial charge >= 0.3 is 6.03 Å². The van der Waals surface area contributed by atoms with Crippen LogP contribution in [-0.2, 0) is 6.54 Å². The van der Waals surface area contributed by atoms with Crippen molar-refractivity contribution in [1.29, 1.82) is 0 Å². The number of nitrogens with one attached hydrogen (secondary N) is 1. The fourth-order valence-electron chi connectivity index (χ4n) is 3.41. The third-order valence-electron chi connectivity index (χ3n) is 5.06. The lowest BCUT2D eigenvalue weighted by Gasteiger charge is -2.31. The van der Waals surface area contributed by atoms with Crippen LogP contribution in [0.4, 0.5) is 4.79 Å². The van der Waals surface area contributed by atoms with Gasteiger partial charge in [-0.25, -0.2) is 4.79 Å². The van der Waals surface area contributed by atoms with E-state index < -0.39 is 0 Å². The van der Waals surface area contributed by atoms with Crippen molar-refractivity contribution in [1.82, 2.24) is 10.2 Å². The van der Waals surface area contributed by atoms with Gasteiger partial charge in [-0.1, -0.05) is 35.9 Å². The predicted molar refractivity (Wildman–Crippen MR) is 105 cm³/mol. The summed E-state index contributed by atoms with van der Waals surface area (Å²) in [5.74, 6) is 0.986. The minimum absolute atomic E-state index is 0.00237. The van der Waals surface area contributed by atoms with E-state index in [1.807, 2.05) is 55.5 Å². The smallest absolute Gasteiger partial charge is 0.317 e. The number of piperidine rings is 1. The Bertz CT molecular complexity index is 793. The number of benzene rings is 2. The highest BCUT2D eigenvalue weighted by Crippen LogP contribution is 2.22. The maximum absolute atomic E-state index is 12.7. The van der Waals surface area contributed by atoms with Crippen molar-refractivity contribution in [2.24, 2.45) is 5.92 Å². The molecular weight excluding hydrogens is 340 g/mol. The van der Waals surface area contributed by atoms with E-state index in [0.717, 1.165) is 22.4 Å². The molecule has 2 aromatic carbocycles. The predicted octanol–water partition coefficient (Wildman–Crippen LogP) is 3.81. The summed E-state index contributed by atoms with van der Waals surface area (Å²) in [5.41, 5.74) is 2.89. The Kier molecular flexibility index (Phi) is 6.12. The normalized spacial score (nSPS) is 14.7. The Morgan fingerprint density at radius 2 is 1.81 bits per heavy atom. The number of Topliss-reactive ketones (excluding diaryl/α,β-unsaturated/α-hetero) is 1. The quantitative estimate of drug-likeness (QED) is 0.819. The molecule has 5 nitrogen and oxygen atoms in total. The summed E-state index contributed by atoms with van der Waals surface area (Å²) in [7, 11) is 1.63. The van der Waals surface area contributed by atoms with E-state index >= 15 is 0 Å². The Hall–Kier alpha value is -2.82. The molecule has 27 heavy (non-hydrogen) atoms. The third kappa shape index (κ3) is 4.88. The average molecular weight is 366 g/mol. The molecule has 0 radical (unpaired) electrons. The number of likely N-dealkylation sites (tertiary alicyclic amines) is 1. The number of hydrogen-bond acceptors (Lipinski definition) is 3. The molecule has 1 N–H and O–H groups in total. The van der Waals surface area contributed by atoms with Crippen LogP contribution in [0.1, 0.15) is 34.3 Å². The molecule has 0 saturated carbocycles. The maximum Gasteiger partial charge on any atom is 0.317 e. The van der Waals surface area contributed by atoms with Crippen molar-refractivity contribution in [3.63, 3.8) is 0 Å². The molecule has 0 bridgehead atoms. The minimum atomic E-state index is -0.0766. The van der Waals surface area contributed by atoms with Gasteiger partial charge in [-0.05, 0) is 43.5 Å². The summed E-state index contributed by atoms with van der Waals surface area (Å²) >= 11 is 0. The van der Waals surface area contributed by atoms with Crippen LogP contribution >= 0.6 is 0 Å². The van der Waals surface area contributed by atoms with Crippen molar-refractivity contribution >= 4 is 11.8 Å². The van der Waals surface area contributed by atoms with E-state index in [1.54, 1.807) is 12.0 Å². The molecule has 1 aliphatic rings. The molecule has 0 atom stereocenters. The molecule has 0 aromatic heterocycles. The topological polar surface area (TPSA) is 58.6 Å². The largest absolute Gasteiger partial charge is 0.497 e. The number of methoxy groups -OCH3 is 1. The van der Waals surface area contributed by atoms with Crippen molar-refractivity contribution in [2.75, 3.05) is 20.2 Å². The maximum atomic E-state index is 12.7. The lowest BCUT2D eigenvalue weighted by atomic mass is 9.88. The molecule has 2 amide bonds. The van der Waals surface area contributed by atoms with E-state index in [9.17, 15) is 9.59 Å². The minimum Gasteiger partial charge on any atom is -0.497 e. The molecule has 0 spiro atoms. The van der Waals surface area contributed by atoms with Gasteiger partial charge in [0, 0.05) is 31.1 Å². The lowest BCUT2D eigenvalue weighted by molar-refractivity contribution is 0.0854. The number of amides is 2. The van der Waals surface area contributed by atoms with E-state index in [1.165, 1.54) is 0 Å². The summed E-state index contributed by atoms with van der Waals surface area (Å²) in [5, 5.41) is 2.95. The van der Waals surface area contributed by atoms with Gasteiger partial charge in [-0.15, -0.1) is 0 Å². The Labute approximate surface area is 160 Å². The molecule has 2 aromatic rings. The van der Waals surface area contributed by atoms with Gasteiger partial charge in [0.2, 0.25) is 0 Å². The molecule has 1 aliphatic heterocycles. The number of ketones is 1. The van der Waals surface area contributed by atoms with Gasteiger partial charge < -0.3 is 15.0 Å². The van der Waals surface area contributed by atoms with E-state index in [4.69, 9.17) is 4.74 Å². The van der Waals surface area contributed by atoms with Gasteiger partial charge in [0.15, 0.2) is 5.78 Å². The van der Waals surface area contributed by atoms with E-state index in [-0.39, 0.29) is 17.7 Å². The molecule has 1 fully saturated rings. The lowest BCUT2D eigenvalue weighted by Crippen LogP contribution is -2.45. The number of carbonyl (C=O) groups is 2. The van der Waals surface area contributed by atoms with Crippen molar-refractivity contribution in [3.05, 3.63) is 65.2 Å². The Morgan fingerprint density at radius 3 is 2.44 bits per heavy atom. The van der Waals surface area contributed by atoms with Crippen molar-refractivity contribution < 1.29 is 14.3 Å². The Morgan fingerprint density at radius 1 is 1.11 bits per heavy atom. The first-order valence-electron chi connectivity index (χ1n) is 9.33. The first-order chi connectivity index (χ1) is 13.1. The zero-order valence-electron chi connectivity index (χ0n) is 15.9. The SMILES string of the molecule is COc1ccc(CNC(=O)N2CCC(C(=O)c3cccc(C)c3)CC2)cc1. The van der Waals surface area contributed by atoms with E-state index in [0.29, 0.717) is 32.5 Å². The highest BCUT2D eigenvalue weighted by molar-refractivity contribution is 5.98. The van der Waals surface area contributed by atoms with Gasteiger partial charge in [0.05, 0.1) is 7.11 Å². The summed E-state index contributed by atoms with van der Waals surface area (Å²) in [6.07, 6.45) is 1.42. The number of hydrogen-bond donors (Lipinski definition) is 1. The van der Waals surface area contributed by atoms with Crippen LogP contribution in [0.5, 0.6) is 5.75 Å². The van der Waals surface area contributed by atoms with E-state index in [2.05, 4.69) is 5.32 Å². The number of aryl methyl sites for hydroxylation is 1. The first-order valence-corrected chi connectivity index (χ1v) is 9.33. The van der Waals surface area contributed by atoms with Gasteiger partial charge in [-0.2, -0.15) is 0 Å². The van der Waals surface area contributed by atoms with Gasteiger partial charge in [0.25, 0.3) is 0 Å². The zero-order valence-corrected chi connectivity index (χ0v) is 15.9. The molecule has 0 aliphatic carbocycles. The second-order valence-corrected chi connectivity index (χ2v) is 7.00. The number of urea groups is 1. The van der Waals surface area contributed by atoms with Crippen molar-refractivity contribution in [3.8, 4) is 5.75 Å². The highest BCUT2D eigenvalue weighted by atomic mass is 16.5. The van der Waals surface area contributed by atoms with Gasteiger partial charge in [-0.3, -0.25) is 4.79 Å². The molecule has 5 heteroatoms. The van der Waals surface area contributed by atoms with Crippen LogP contribution in [0.15, 0.2) is 48.5 Å². The van der Waals surface area contributed by atoms with Crippen LogP contribution in [0.3, 0.4) is 0 Å². The fourth-order valence-corrected chi connectivity index (χ4v) is 3.41.